The van der Waals surface area contributed by atoms with E-state index in [0.717, 1.165) is 6.42 Å². The van der Waals surface area contributed by atoms with Crippen LogP contribution in [-0.4, -0.2) is 16.3 Å². The van der Waals surface area contributed by atoms with Crippen LogP contribution < -0.4 is 0 Å². The third kappa shape index (κ3) is 1.68. The molecule has 1 aromatic rings. The Labute approximate surface area is 68.2 Å². The lowest BCUT2D eigenvalue weighted by molar-refractivity contribution is -0.0940. The summed E-state index contributed by atoms with van der Waals surface area (Å²) in [5.41, 5.74) is 1.28. The highest BCUT2D eigenvalue weighted by Crippen LogP contribution is 2.11. The first-order chi connectivity index (χ1) is 5.45. The summed E-state index contributed by atoms with van der Waals surface area (Å²) in [7, 11) is -0.558. The largest absolute Gasteiger partial charge is 0.373 e. The Morgan fingerprint density at radius 1 is 1.18 bits per heavy atom. The highest BCUT2D eigenvalue weighted by molar-refractivity contribution is 6.20. The smallest absolute Gasteiger partial charge is 0.308 e. The fourth-order valence-corrected chi connectivity index (χ4v) is 1.65. The van der Waals surface area contributed by atoms with Gasteiger partial charge in [-0.2, -0.15) is 0 Å². The molecule has 3 heteroatoms. The molecule has 1 heterocycles. The molecule has 0 unspecified atom stereocenters. The van der Waals surface area contributed by atoms with Crippen LogP contribution in [0, 0.1) is 0 Å². The van der Waals surface area contributed by atoms with Crippen molar-refractivity contribution >= 4 is 10.0 Å². The van der Waals surface area contributed by atoms with E-state index in [2.05, 4.69) is 12.1 Å². The Kier molecular flexibility index (Phi) is 2.03. The van der Waals surface area contributed by atoms with Crippen LogP contribution in [0.5, 0.6) is 0 Å². The molecule has 0 atom stereocenters. The van der Waals surface area contributed by atoms with Crippen LogP contribution in [0.15, 0.2) is 30.3 Å². The van der Waals surface area contributed by atoms with Gasteiger partial charge in [-0.05, 0) is 5.56 Å². The molecule has 0 aromatic heterocycles. The Morgan fingerprint density at radius 2 is 1.91 bits per heavy atom. The van der Waals surface area contributed by atoms with Crippen LogP contribution in [0.4, 0.5) is 0 Å². The van der Waals surface area contributed by atoms with Gasteiger partial charge in [0.25, 0.3) is 0 Å². The van der Waals surface area contributed by atoms with Gasteiger partial charge in [-0.3, -0.25) is 0 Å². The van der Waals surface area contributed by atoms with Crippen LogP contribution in [0.3, 0.4) is 0 Å². The molecule has 1 saturated heterocycles. The van der Waals surface area contributed by atoms with Gasteiger partial charge in [0, 0.05) is 6.42 Å². The molecule has 58 valence electrons. The minimum absolute atomic E-state index is 0.0593. The van der Waals surface area contributed by atoms with Crippen molar-refractivity contribution in [2.45, 2.75) is 12.7 Å². The van der Waals surface area contributed by atoms with Crippen molar-refractivity contribution in [3.05, 3.63) is 35.9 Å². The average Bonchev–Trinajstić information content (AvgIpc) is 1.99. The summed E-state index contributed by atoms with van der Waals surface area (Å²) in [6, 6.07) is 10.3. The van der Waals surface area contributed by atoms with Crippen LogP contribution in [-0.2, 0) is 15.3 Å². The summed E-state index contributed by atoms with van der Waals surface area (Å²) >= 11 is 0. The molecule has 2 nitrogen and oxygen atoms in total. The lowest BCUT2D eigenvalue weighted by Crippen LogP contribution is -2.35. The maximum atomic E-state index is 5.25. The Morgan fingerprint density at radius 3 is 2.45 bits per heavy atom. The second-order valence-electron chi connectivity index (χ2n) is 2.57. The summed E-state index contributed by atoms with van der Waals surface area (Å²) in [5, 5.41) is 0. The van der Waals surface area contributed by atoms with Gasteiger partial charge in [-0.15, -0.1) is 0 Å². The number of rotatable bonds is 2. The fraction of sp³-hybridized carbons (Fsp3) is 0.250. The normalized spacial score (nSPS) is 24.9. The van der Waals surface area contributed by atoms with E-state index in [1.807, 2.05) is 18.2 Å². The fourth-order valence-electron chi connectivity index (χ4n) is 1.09. The quantitative estimate of drug-likeness (QED) is 0.599. The first-order valence-electron chi connectivity index (χ1n) is 3.72. The summed E-state index contributed by atoms with van der Waals surface area (Å²) < 4.78 is 10.5. The van der Waals surface area contributed by atoms with Crippen molar-refractivity contribution in [3.63, 3.8) is 0 Å². The predicted molar refractivity (Wildman–Crippen MR) is 44.6 cm³/mol. The Hall–Kier alpha value is -0.643. The molecule has 0 radical (unpaired) electrons. The number of hydrogen-bond donors (Lipinski definition) is 0. The molecule has 0 N–H and O–H groups in total. The van der Waals surface area contributed by atoms with Crippen molar-refractivity contribution in [1.29, 1.82) is 0 Å². The molecular weight excluding hydrogens is 156 g/mol. The number of benzene rings is 1. The first kappa shape index (κ1) is 7.03. The van der Waals surface area contributed by atoms with Gasteiger partial charge in [0.2, 0.25) is 0 Å². The van der Waals surface area contributed by atoms with Crippen LogP contribution >= 0.6 is 0 Å². The molecule has 1 aromatic carbocycles. The molecule has 1 aliphatic heterocycles. The van der Waals surface area contributed by atoms with Gasteiger partial charge in [0.05, 0.1) is 0 Å². The predicted octanol–water partition coefficient (Wildman–Crippen LogP) is 0.601. The van der Waals surface area contributed by atoms with Gasteiger partial charge in [-0.25, -0.2) is 0 Å². The molecular formula is C8H10O2Si. The number of hydrogen-bond acceptors (Lipinski definition) is 2. The van der Waals surface area contributed by atoms with Gasteiger partial charge in [-0.1, -0.05) is 30.3 Å². The zero-order valence-corrected chi connectivity index (χ0v) is 7.61. The standard InChI is InChI=1S/C8H10O2Si/c1-2-4-7(5-3-1)6-8-9-11-10-8/h1-5,8H,6,11H2. The lowest BCUT2D eigenvalue weighted by atomic mass is 10.1. The summed E-state index contributed by atoms with van der Waals surface area (Å²) in [6.45, 7) is 0. The zero-order chi connectivity index (χ0) is 7.52. The average molecular weight is 166 g/mol. The Bertz CT molecular complexity index is 221. The van der Waals surface area contributed by atoms with E-state index < -0.39 is 10.0 Å². The van der Waals surface area contributed by atoms with Crippen molar-refractivity contribution in [3.8, 4) is 0 Å². The van der Waals surface area contributed by atoms with Crippen LogP contribution in [0.2, 0.25) is 0 Å². The molecule has 0 aliphatic carbocycles. The van der Waals surface area contributed by atoms with Crippen LogP contribution in [0.1, 0.15) is 5.56 Å². The molecule has 11 heavy (non-hydrogen) atoms. The van der Waals surface area contributed by atoms with Crippen molar-refractivity contribution in [2.75, 3.05) is 0 Å². The lowest BCUT2D eigenvalue weighted by Gasteiger charge is -2.27. The zero-order valence-electron chi connectivity index (χ0n) is 6.19. The van der Waals surface area contributed by atoms with Gasteiger partial charge in [0.1, 0.15) is 6.29 Å². The van der Waals surface area contributed by atoms with Crippen molar-refractivity contribution in [1.82, 2.24) is 0 Å². The molecule has 1 fully saturated rings. The van der Waals surface area contributed by atoms with Gasteiger partial charge < -0.3 is 8.85 Å². The molecule has 0 saturated carbocycles. The molecule has 0 bridgehead atoms. The summed E-state index contributed by atoms with van der Waals surface area (Å²) in [4.78, 5) is 0. The minimum Gasteiger partial charge on any atom is -0.373 e. The minimum atomic E-state index is -0.558. The second kappa shape index (κ2) is 3.17. The summed E-state index contributed by atoms with van der Waals surface area (Å²) in [5.74, 6) is 0. The Balaban J connectivity index is 1.95. The van der Waals surface area contributed by atoms with E-state index in [1.165, 1.54) is 5.56 Å². The third-order valence-electron chi connectivity index (χ3n) is 1.75. The first-order valence-corrected chi connectivity index (χ1v) is 4.88. The van der Waals surface area contributed by atoms with Crippen LogP contribution in [0.25, 0.3) is 0 Å². The van der Waals surface area contributed by atoms with Gasteiger partial charge in [0.15, 0.2) is 0 Å². The second-order valence-corrected chi connectivity index (χ2v) is 3.47. The van der Waals surface area contributed by atoms with E-state index in [0.29, 0.717) is 0 Å². The SMILES string of the molecule is c1ccc(CC2O[SiH2]O2)cc1. The van der Waals surface area contributed by atoms with E-state index in [4.69, 9.17) is 8.85 Å². The van der Waals surface area contributed by atoms with E-state index in [-0.39, 0.29) is 6.29 Å². The van der Waals surface area contributed by atoms with E-state index in [9.17, 15) is 0 Å². The monoisotopic (exact) mass is 166 g/mol. The maximum Gasteiger partial charge on any atom is 0.308 e. The highest BCUT2D eigenvalue weighted by atomic mass is 28.3. The molecule has 0 spiro atoms. The highest BCUT2D eigenvalue weighted by Gasteiger charge is 2.18. The third-order valence-corrected chi connectivity index (χ3v) is 2.77. The van der Waals surface area contributed by atoms with Crippen molar-refractivity contribution < 1.29 is 8.85 Å². The maximum absolute atomic E-state index is 5.25. The molecule has 0 amide bonds. The molecule has 2 rings (SSSR count). The van der Waals surface area contributed by atoms with Gasteiger partial charge >= 0.3 is 10.0 Å². The van der Waals surface area contributed by atoms with E-state index in [1.54, 1.807) is 0 Å². The van der Waals surface area contributed by atoms with E-state index >= 15 is 0 Å². The van der Waals surface area contributed by atoms with Crippen molar-refractivity contribution in [2.24, 2.45) is 0 Å². The molecule has 1 aliphatic rings. The summed E-state index contributed by atoms with van der Waals surface area (Å²) in [6.07, 6.45) is 0.956. The topological polar surface area (TPSA) is 18.5 Å².